The van der Waals surface area contributed by atoms with Crippen LogP contribution in [-0.4, -0.2) is 142 Å². The standard InChI is InChI=1S/C27H29FN4O3.C20H24BNO3.C13H18BrN3O2.CH2O3.CH4.2K.H/c1-16-27(33)31(2)15-23-25(30-26(32(16)23)18-7-11-35-12-8-18)24-20-14-29-22(17-5-9-34-10-6-17)13-19(20)3-4-21(24)28;1-19(2)20(3,4)25-21(24-19)17-7-5-6-15-12-18(22-13-16(15)17)14-8-10-23-11-9-14;1-8-13(18)16(2)7-10-11(14)15-12(17(8)10)9-3-5-19-6-4-9;2-1-4-3;;;;/h3-5,13-14,16,18H,6-12,15H2,1-2H3;5-8,12-13H,9-11H2,1-4H3;8-9H,3-7H2,1-2H3;1,3H;1H4;;;/q;;;;;2*+1;-1/p-1. The molecule has 86 heavy (non-hydrogen) atoms. The van der Waals surface area contributed by atoms with E-state index in [9.17, 15) is 9.59 Å². The quantitative estimate of drug-likeness (QED) is 0.0975. The van der Waals surface area contributed by atoms with Crippen LogP contribution in [0, 0.1) is 5.82 Å². The van der Waals surface area contributed by atoms with Gasteiger partial charge in [0.1, 0.15) is 34.2 Å². The van der Waals surface area contributed by atoms with Crippen LogP contribution >= 0.6 is 15.9 Å². The molecule has 0 aliphatic carbocycles. The van der Waals surface area contributed by atoms with Crippen LogP contribution in [0.15, 0.2) is 71.6 Å². The largest absolute Gasteiger partial charge is 1.00 e. The van der Waals surface area contributed by atoms with Gasteiger partial charge in [0.25, 0.3) is 6.47 Å². The topological polar surface area (TPSA) is 207 Å². The number of halogens is 2. The Labute approximate surface area is 598 Å². The molecule has 7 aliphatic rings. The molecule has 0 bridgehead atoms. The number of carbonyl (C=O) groups is 3. The number of hydrogen-bond acceptors (Lipinski definition) is 15. The molecule has 13 rings (SSSR count). The minimum Gasteiger partial charge on any atom is -1.00 e. The van der Waals surface area contributed by atoms with Crippen molar-refractivity contribution in [2.24, 2.45) is 0 Å². The van der Waals surface area contributed by atoms with Crippen LogP contribution in [0.2, 0.25) is 0 Å². The fourth-order valence-corrected chi connectivity index (χ4v) is 12.4. The molecule has 19 nitrogen and oxygen atoms in total. The van der Waals surface area contributed by atoms with Crippen LogP contribution in [0.4, 0.5) is 4.39 Å². The normalized spacial score (nSPS) is 20.8. The average Bonchev–Trinajstić information content (AvgIpc) is 1.76. The van der Waals surface area contributed by atoms with Gasteiger partial charge in [-0.05, 0) is 147 Å². The molecular formula is C62H77BBrFK2N8O11. The average molecular weight is 1300 g/mol. The molecule has 0 N–H and O–H groups in total. The van der Waals surface area contributed by atoms with Crippen molar-refractivity contribution in [1.82, 2.24) is 38.9 Å². The van der Waals surface area contributed by atoms with Gasteiger partial charge in [-0.15, -0.1) is 0 Å². The maximum Gasteiger partial charge on any atom is 1.00 e. The summed E-state index contributed by atoms with van der Waals surface area (Å²) in [5.41, 5.74) is 7.73. The first kappa shape index (κ1) is 70.5. The maximum atomic E-state index is 15.5. The molecule has 2 amide bonds. The van der Waals surface area contributed by atoms with Crippen LogP contribution < -0.4 is 113 Å². The summed E-state index contributed by atoms with van der Waals surface area (Å²) in [4.78, 5) is 58.9. The number of ether oxygens (including phenoxy) is 4. The summed E-state index contributed by atoms with van der Waals surface area (Å²) in [6.07, 6.45) is 13.3. The Hall–Kier alpha value is -2.96. The van der Waals surface area contributed by atoms with Gasteiger partial charge in [0.15, 0.2) is 0 Å². The molecule has 3 fully saturated rings. The zero-order valence-corrected chi connectivity index (χ0v) is 58.3. The Bertz CT molecular complexity index is 3450. The minimum atomic E-state index is -0.383. The van der Waals surface area contributed by atoms with E-state index in [4.69, 9.17) is 53.3 Å². The van der Waals surface area contributed by atoms with Crippen molar-refractivity contribution in [1.29, 1.82) is 0 Å². The number of hydrogen-bond donors (Lipinski definition) is 0. The van der Waals surface area contributed by atoms with Gasteiger partial charge in [0, 0.05) is 75.7 Å². The van der Waals surface area contributed by atoms with Crippen molar-refractivity contribution in [3.8, 4) is 11.3 Å². The van der Waals surface area contributed by atoms with E-state index in [1.165, 1.54) is 11.6 Å². The Morgan fingerprint density at radius 3 is 1.69 bits per heavy atom. The van der Waals surface area contributed by atoms with Crippen LogP contribution in [0.1, 0.15) is 147 Å². The van der Waals surface area contributed by atoms with Gasteiger partial charge in [0.2, 0.25) is 11.8 Å². The second kappa shape index (κ2) is 30.9. The molecule has 24 heteroatoms. The van der Waals surface area contributed by atoms with E-state index in [1.807, 2.05) is 33.2 Å². The molecule has 2 atom stereocenters. The molecule has 2 unspecified atom stereocenters. The van der Waals surface area contributed by atoms with Gasteiger partial charge in [0.05, 0.1) is 79.2 Å². The number of benzene rings is 2. The number of likely N-dealkylation sites (N-methyl/N-ethyl adjacent to an activating group) is 2. The Morgan fingerprint density at radius 2 is 1.19 bits per heavy atom. The third-order valence-corrected chi connectivity index (χ3v) is 17.9. The van der Waals surface area contributed by atoms with Crippen LogP contribution in [-0.2, 0) is 60.6 Å². The molecule has 2 aromatic carbocycles. The smallest absolute Gasteiger partial charge is 1.00 e. The molecule has 3 saturated heterocycles. The van der Waals surface area contributed by atoms with E-state index in [0.717, 1.165) is 130 Å². The van der Waals surface area contributed by atoms with Crippen LogP contribution in [0.25, 0.3) is 43.9 Å². The fourth-order valence-electron chi connectivity index (χ4n) is 11.9. The summed E-state index contributed by atoms with van der Waals surface area (Å²) in [5, 5.41) is 12.3. The molecule has 7 aliphatic heterocycles. The minimum absolute atomic E-state index is 0. The SMILES string of the molecule is C.CC1(C)OB(c2cccc3cc(C4=CCOCC4)ncc23)OC1(C)C.CC1C(=O)N(C)Cc2c(-c3c(F)ccc4cc(C5=CCOCC5)ncc34)nc(C3CCOCC3)n21.CC1C(=O)N(C)Cc2c(Br)nc(C3CCOCC3)n21.O=CO[O-].[H-].[K+].[K+]. The van der Waals surface area contributed by atoms with Gasteiger partial charge < -0.3 is 58.8 Å². The number of carbonyl (C=O) groups excluding carboxylic acids is 3. The zero-order valence-electron chi connectivity index (χ0n) is 51.5. The number of rotatable bonds is 7. The number of amides is 2. The van der Waals surface area contributed by atoms with Gasteiger partial charge in [-0.2, -0.15) is 0 Å². The number of imidazole rings is 2. The van der Waals surface area contributed by atoms with Crippen molar-refractivity contribution in [3.63, 3.8) is 0 Å². The Balaban J connectivity index is 0.000000206. The van der Waals surface area contributed by atoms with E-state index in [1.54, 1.807) is 29.1 Å². The van der Waals surface area contributed by atoms with E-state index < -0.39 is 0 Å². The summed E-state index contributed by atoms with van der Waals surface area (Å²) < 4.78 is 54.9. The Kier molecular flexibility index (Phi) is 25.3. The fraction of sp³-hybridized carbons (Fsp3) is 0.500. The predicted octanol–water partition coefficient (Wildman–Crippen LogP) is 3.07. The monoisotopic (exact) mass is 1300 g/mol. The summed E-state index contributed by atoms with van der Waals surface area (Å²) >= 11 is 3.54. The van der Waals surface area contributed by atoms with Gasteiger partial charge >= 0.3 is 110 Å². The number of pyridine rings is 2. The van der Waals surface area contributed by atoms with E-state index in [2.05, 4.69) is 99.0 Å². The van der Waals surface area contributed by atoms with Gasteiger partial charge in [-0.1, -0.05) is 43.8 Å². The second-order valence-electron chi connectivity index (χ2n) is 23.0. The predicted molar refractivity (Wildman–Crippen MR) is 320 cm³/mol. The molecule has 11 heterocycles. The van der Waals surface area contributed by atoms with E-state index in [0.29, 0.717) is 63.3 Å². The summed E-state index contributed by atoms with van der Waals surface area (Å²) in [6, 6.07) is 13.2. The van der Waals surface area contributed by atoms with Crippen molar-refractivity contribution in [2.75, 3.05) is 67.0 Å². The first-order valence-corrected chi connectivity index (χ1v) is 29.3. The van der Waals surface area contributed by atoms with Crippen molar-refractivity contribution in [3.05, 3.63) is 112 Å². The molecule has 450 valence electrons. The third-order valence-electron chi connectivity index (χ3n) is 17.2. The molecule has 0 saturated carbocycles. The molecule has 0 spiro atoms. The molecule has 4 aromatic heterocycles. The zero-order chi connectivity index (χ0) is 58.7. The van der Waals surface area contributed by atoms with Crippen LogP contribution in [0.3, 0.4) is 0 Å². The van der Waals surface area contributed by atoms with E-state index >= 15 is 4.39 Å². The molecular weight excluding hydrogens is 1220 g/mol. The third kappa shape index (κ3) is 15.0. The van der Waals surface area contributed by atoms with Crippen molar-refractivity contribution in [2.45, 2.75) is 136 Å². The van der Waals surface area contributed by atoms with Crippen molar-refractivity contribution >= 4 is 79.5 Å². The van der Waals surface area contributed by atoms with Gasteiger partial charge in [-0.3, -0.25) is 24.4 Å². The number of fused-ring (bicyclic) bond motifs is 4. The second-order valence-corrected chi connectivity index (χ2v) is 23.7. The number of aromatic nitrogens is 6. The maximum absolute atomic E-state index is 15.5. The van der Waals surface area contributed by atoms with Crippen molar-refractivity contribution < 1.29 is 161 Å². The summed E-state index contributed by atoms with van der Waals surface area (Å²) in [6.45, 7) is 18.6. The van der Waals surface area contributed by atoms with E-state index in [-0.39, 0.29) is 172 Å². The summed E-state index contributed by atoms with van der Waals surface area (Å²) in [5.74, 6) is 2.36. The van der Waals surface area contributed by atoms with Gasteiger partial charge in [-0.25, -0.2) is 14.4 Å². The first-order valence-electron chi connectivity index (χ1n) is 28.5. The Morgan fingerprint density at radius 1 is 0.709 bits per heavy atom. The van der Waals surface area contributed by atoms with Crippen LogP contribution in [0.5, 0.6) is 0 Å². The molecule has 6 aromatic rings. The summed E-state index contributed by atoms with van der Waals surface area (Å²) in [7, 11) is 3.27. The first-order chi connectivity index (χ1) is 39.9. The molecule has 0 radical (unpaired) electrons. The number of nitrogens with zero attached hydrogens (tertiary/aromatic N) is 8.